The lowest BCUT2D eigenvalue weighted by molar-refractivity contribution is -0.147. The minimum atomic E-state index is -3.93. The van der Waals surface area contributed by atoms with Crippen LogP contribution in [-0.2, 0) is 47.9 Å². The van der Waals surface area contributed by atoms with E-state index in [1.807, 2.05) is 6.07 Å². The van der Waals surface area contributed by atoms with Crippen LogP contribution in [0.1, 0.15) is 23.1 Å². The van der Waals surface area contributed by atoms with Gasteiger partial charge in [0.2, 0.25) is 10.0 Å². The second kappa shape index (κ2) is 11.9. The Hall–Kier alpha value is -4.22. The number of hydrogen-bond acceptors (Lipinski definition) is 7. The van der Waals surface area contributed by atoms with Gasteiger partial charge in [-0.15, -0.1) is 0 Å². The van der Waals surface area contributed by atoms with Crippen LogP contribution in [0.25, 0.3) is 0 Å². The molecule has 0 fully saturated rings. The lowest BCUT2D eigenvalue weighted by Gasteiger charge is -2.25. The monoisotopic (exact) mass is 538 g/mol. The topological polar surface area (TPSA) is 148 Å². The van der Waals surface area contributed by atoms with E-state index in [1.54, 1.807) is 66.7 Å². The summed E-state index contributed by atoms with van der Waals surface area (Å²) in [6, 6.07) is 21.0. The molecule has 0 spiro atoms. The van der Waals surface area contributed by atoms with Crippen molar-refractivity contribution in [1.29, 1.82) is 0 Å². The van der Waals surface area contributed by atoms with Crippen LogP contribution in [0, 0.1) is 0 Å². The fraction of sp³-hybridized carbons (Fsp3) is 0.222. The van der Waals surface area contributed by atoms with Gasteiger partial charge in [0.15, 0.2) is 6.10 Å². The number of sulfonamides is 1. The number of carbonyl (C=O) groups excluding carboxylic acids is 2. The minimum absolute atomic E-state index is 0.0321. The van der Waals surface area contributed by atoms with Crippen LogP contribution in [0.4, 0.5) is 5.69 Å². The first-order chi connectivity index (χ1) is 18.2. The Balaban J connectivity index is 1.52. The summed E-state index contributed by atoms with van der Waals surface area (Å²) in [4.78, 5) is 36.3. The highest BCUT2D eigenvalue weighted by Gasteiger charge is 2.31. The molecule has 3 aromatic rings. The molecule has 11 heteroatoms. The summed E-state index contributed by atoms with van der Waals surface area (Å²) < 4.78 is 39.3. The van der Waals surface area contributed by atoms with Crippen molar-refractivity contribution in [2.45, 2.75) is 37.3 Å². The van der Waals surface area contributed by atoms with Crippen molar-refractivity contribution in [1.82, 2.24) is 4.72 Å². The first-order valence-electron chi connectivity index (χ1n) is 11.8. The third-order valence-electron chi connectivity index (χ3n) is 5.69. The normalized spacial score (nSPS) is 15.5. The number of benzene rings is 3. The van der Waals surface area contributed by atoms with Crippen molar-refractivity contribution in [2.24, 2.45) is 0 Å². The number of amides is 1. The Kier molecular flexibility index (Phi) is 8.39. The van der Waals surface area contributed by atoms with Gasteiger partial charge in [0.1, 0.15) is 18.4 Å². The first kappa shape index (κ1) is 26.8. The molecule has 0 aliphatic carbocycles. The molecule has 4 rings (SSSR count). The quantitative estimate of drug-likeness (QED) is 0.316. The third kappa shape index (κ3) is 7.40. The number of carboxylic acid groups (broad SMARTS) is 1. The number of carboxylic acids is 1. The molecule has 0 saturated heterocycles. The number of esters is 1. The van der Waals surface area contributed by atoms with Crippen LogP contribution < -0.4 is 14.8 Å². The number of rotatable bonds is 11. The van der Waals surface area contributed by atoms with E-state index in [0.717, 1.165) is 5.56 Å². The van der Waals surface area contributed by atoms with E-state index >= 15 is 0 Å². The summed E-state index contributed by atoms with van der Waals surface area (Å²) in [5.41, 5.74) is 2.11. The van der Waals surface area contributed by atoms with Crippen molar-refractivity contribution >= 4 is 33.6 Å². The van der Waals surface area contributed by atoms with Crippen molar-refractivity contribution in [2.75, 3.05) is 5.32 Å². The van der Waals surface area contributed by atoms with E-state index < -0.39 is 46.4 Å². The first-order valence-corrected chi connectivity index (χ1v) is 13.4. The predicted octanol–water partition coefficient (Wildman–Crippen LogP) is 2.63. The molecule has 1 aliphatic heterocycles. The molecular formula is C27H26N2O8S. The Morgan fingerprint density at radius 2 is 1.63 bits per heavy atom. The van der Waals surface area contributed by atoms with Gasteiger partial charge in [-0.05, 0) is 35.2 Å². The van der Waals surface area contributed by atoms with Gasteiger partial charge >= 0.3 is 11.9 Å². The standard InChI is InChI=1S/C27H26N2O8S/c30-25(31)15-24-26(32)28-21-13-20(11-12-23(21)37-24)14-22(27(33)36-16-18-7-3-1-4-8-18)29-38(34,35)17-19-9-5-2-6-10-19/h1-13,22,24,29H,14-17H2,(H,28,32)(H,30,31)/t22-,24?/m0/s1. The smallest absolute Gasteiger partial charge is 0.324 e. The van der Waals surface area contributed by atoms with Crippen LogP contribution in [0.15, 0.2) is 78.9 Å². The molecule has 3 aromatic carbocycles. The van der Waals surface area contributed by atoms with Crippen LogP contribution in [0.5, 0.6) is 5.75 Å². The molecule has 10 nitrogen and oxygen atoms in total. The Morgan fingerprint density at radius 1 is 0.974 bits per heavy atom. The van der Waals surface area contributed by atoms with E-state index in [1.165, 1.54) is 6.07 Å². The summed E-state index contributed by atoms with van der Waals surface area (Å²) in [6.45, 7) is -0.0321. The Labute approximate surface area is 219 Å². The molecule has 1 amide bonds. The zero-order valence-electron chi connectivity index (χ0n) is 20.2. The number of fused-ring (bicyclic) bond motifs is 1. The molecule has 2 atom stereocenters. The number of carbonyl (C=O) groups is 3. The molecule has 0 radical (unpaired) electrons. The zero-order chi connectivity index (χ0) is 27.1. The average Bonchev–Trinajstić information content (AvgIpc) is 2.88. The second-order valence-electron chi connectivity index (χ2n) is 8.74. The maximum Gasteiger partial charge on any atom is 0.324 e. The van der Waals surface area contributed by atoms with Crippen LogP contribution in [0.2, 0.25) is 0 Å². The molecule has 1 aliphatic rings. The molecule has 0 saturated carbocycles. The number of anilines is 1. The second-order valence-corrected chi connectivity index (χ2v) is 10.5. The summed E-state index contributed by atoms with van der Waals surface area (Å²) in [5, 5.41) is 11.6. The number of ether oxygens (including phenoxy) is 2. The van der Waals surface area contributed by atoms with Crippen molar-refractivity contribution in [3.63, 3.8) is 0 Å². The summed E-state index contributed by atoms with van der Waals surface area (Å²) in [6.07, 6.45) is -1.73. The van der Waals surface area contributed by atoms with Crippen LogP contribution in [-0.4, -0.2) is 43.5 Å². The lowest BCUT2D eigenvalue weighted by Crippen LogP contribution is -2.43. The maximum atomic E-state index is 13.0. The van der Waals surface area contributed by atoms with Gasteiger partial charge in [0, 0.05) is 0 Å². The van der Waals surface area contributed by atoms with Gasteiger partial charge in [-0.3, -0.25) is 14.4 Å². The molecular weight excluding hydrogens is 512 g/mol. The Bertz CT molecular complexity index is 1410. The predicted molar refractivity (Wildman–Crippen MR) is 138 cm³/mol. The van der Waals surface area contributed by atoms with Gasteiger partial charge in [0.25, 0.3) is 5.91 Å². The Morgan fingerprint density at radius 3 is 2.29 bits per heavy atom. The third-order valence-corrected chi connectivity index (χ3v) is 7.05. The molecule has 1 heterocycles. The lowest BCUT2D eigenvalue weighted by atomic mass is 10.0. The number of nitrogens with one attached hydrogen (secondary N) is 2. The molecule has 38 heavy (non-hydrogen) atoms. The van der Waals surface area contributed by atoms with Crippen LogP contribution >= 0.6 is 0 Å². The van der Waals surface area contributed by atoms with Gasteiger partial charge in [0.05, 0.1) is 17.9 Å². The van der Waals surface area contributed by atoms with E-state index in [2.05, 4.69) is 10.0 Å². The SMILES string of the molecule is O=C(O)CC1Oc2ccc(C[C@H](NS(=O)(=O)Cc3ccccc3)C(=O)OCc3ccccc3)cc2NC1=O. The van der Waals surface area contributed by atoms with Crippen molar-refractivity contribution < 1.29 is 37.4 Å². The van der Waals surface area contributed by atoms with E-state index in [4.69, 9.17) is 14.6 Å². The highest BCUT2D eigenvalue weighted by molar-refractivity contribution is 7.88. The van der Waals surface area contributed by atoms with E-state index in [9.17, 15) is 22.8 Å². The van der Waals surface area contributed by atoms with Crippen molar-refractivity contribution in [3.05, 3.63) is 95.6 Å². The van der Waals surface area contributed by atoms with Gasteiger partial charge in [-0.1, -0.05) is 66.7 Å². The highest BCUT2D eigenvalue weighted by Crippen LogP contribution is 2.31. The largest absolute Gasteiger partial charge is 0.481 e. The zero-order valence-corrected chi connectivity index (χ0v) is 21.0. The molecule has 0 bridgehead atoms. The van der Waals surface area contributed by atoms with E-state index in [0.29, 0.717) is 11.1 Å². The fourth-order valence-corrected chi connectivity index (χ4v) is 5.24. The van der Waals surface area contributed by atoms with Crippen molar-refractivity contribution in [3.8, 4) is 5.75 Å². The molecule has 198 valence electrons. The fourth-order valence-electron chi connectivity index (χ4n) is 3.91. The number of aliphatic carboxylic acids is 1. The van der Waals surface area contributed by atoms with E-state index in [-0.39, 0.29) is 30.2 Å². The molecule has 3 N–H and O–H groups in total. The summed E-state index contributed by atoms with van der Waals surface area (Å²) >= 11 is 0. The minimum Gasteiger partial charge on any atom is -0.481 e. The molecule has 1 unspecified atom stereocenters. The van der Waals surface area contributed by atoms with Gasteiger partial charge in [-0.2, -0.15) is 0 Å². The highest BCUT2D eigenvalue weighted by atomic mass is 32.2. The maximum absolute atomic E-state index is 13.0. The average molecular weight is 539 g/mol. The van der Waals surface area contributed by atoms with Gasteiger partial charge < -0.3 is 19.9 Å². The molecule has 0 aromatic heterocycles. The van der Waals surface area contributed by atoms with Crippen LogP contribution in [0.3, 0.4) is 0 Å². The number of hydrogen-bond donors (Lipinski definition) is 3. The summed E-state index contributed by atoms with van der Waals surface area (Å²) in [7, 11) is -3.93. The van der Waals surface area contributed by atoms with Gasteiger partial charge in [-0.25, -0.2) is 13.1 Å². The summed E-state index contributed by atoms with van der Waals surface area (Å²) in [5.74, 6) is -2.60.